The molecule has 2 bridgehead atoms. The average Bonchev–Trinajstić information content (AvgIpc) is 2.45. The van der Waals surface area contributed by atoms with E-state index in [4.69, 9.17) is 10.5 Å². The van der Waals surface area contributed by atoms with E-state index in [1.54, 1.807) is 6.92 Å². The highest BCUT2D eigenvalue weighted by Gasteiger charge is 2.53. The summed E-state index contributed by atoms with van der Waals surface area (Å²) in [6.07, 6.45) is 2.78. The molecular weight excluding hydrogens is 380 g/mol. The number of ether oxygens (including phenoxy) is 1. The van der Waals surface area contributed by atoms with Gasteiger partial charge < -0.3 is 15.4 Å². The Morgan fingerprint density at radius 3 is 2.72 bits per heavy atom. The molecule has 1 saturated carbocycles. The van der Waals surface area contributed by atoms with Gasteiger partial charge in [0, 0.05) is 16.6 Å². The molecule has 136 valence electrons. The molecule has 2 aliphatic heterocycles. The van der Waals surface area contributed by atoms with Crippen molar-refractivity contribution in [1.82, 2.24) is 4.90 Å². The zero-order chi connectivity index (χ0) is 18.4. The van der Waals surface area contributed by atoms with Crippen LogP contribution >= 0.6 is 15.9 Å². The number of piperidine rings is 2. The van der Waals surface area contributed by atoms with E-state index in [0.29, 0.717) is 11.7 Å². The lowest BCUT2D eigenvalue weighted by Gasteiger charge is -2.58. The molecule has 1 aromatic carbocycles. The summed E-state index contributed by atoms with van der Waals surface area (Å²) in [7, 11) is 0. The highest BCUT2D eigenvalue weighted by Crippen LogP contribution is 2.44. The summed E-state index contributed by atoms with van der Waals surface area (Å²) in [6, 6.07) is 8.52. The van der Waals surface area contributed by atoms with E-state index in [1.807, 2.05) is 30.9 Å². The third-order valence-corrected chi connectivity index (χ3v) is 5.90. The Bertz CT molecular complexity index is 682. The SMILES string of the molecule is C=C(C)OC(C)(C)C(=O)N1C2CC(C2)C(N)C1Cc1cccc(Br)c1. The van der Waals surface area contributed by atoms with Crippen LogP contribution in [0.15, 0.2) is 41.1 Å². The van der Waals surface area contributed by atoms with E-state index in [2.05, 4.69) is 34.6 Å². The molecule has 4 rings (SSSR count). The fourth-order valence-electron chi connectivity index (χ4n) is 4.19. The molecule has 2 atom stereocenters. The van der Waals surface area contributed by atoms with Crippen molar-refractivity contribution in [2.45, 2.75) is 63.8 Å². The van der Waals surface area contributed by atoms with Crippen LogP contribution in [-0.4, -0.2) is 34.5 Å². The van der Waals surface area contributed by atoms with Crippen molar-refractivity contribution in [1.29, 1.82) is 0 Å². The Kier molecular flexibility index (Phi) is 5.00. The molecule has 3 fully saturated rings. The largest absolute Gasteiger partial charge is 0.483 e. The first-order valence-corrected chi connectivity index (χ1v) is 9.65. The van der Waals surface area contributed by atoms with Crippen molar-refractivity contribution in [2.24, 2.45) is 11.7 Å². The van der Waals surface area contributed by atoms with Gasteiger partial charge in [-0.25, -0.2) is 0 Å². The van der Waals surface area contributed by atoms with E-state index in [0.717, 1.165) is 23.7 Å². The number of hydrogen-bond acceptors (Lipinski definition) is 3. The molecule has 5 heteroatoms. The third kappa shape index (κ3) is 3.63. The minimum Gasteiger partial charge on any atom is -0.483 e. The second-order valence-electron chi connectivity index (χ2n) is 7.89. The number of carbonyl (C=O) groups excluding carboxylic acids is 1. The van der Waals surface area contributed by atoms with E-state index in [9.17, 15) is 4.79 Å². The predicted molar refractivity (Wildman–Crippen MR) is 103 cm³/mol. The summed E-state index contributed by atoms with van der Waals surface area (Å²) < 4.78 is 6.78. The molecule has 1 aromatic rings. The summed E-state index contributed by atoms with van der Waals surface area (Å²) in [4.78, 5) is 15.3. The van der Waals surface area contributed by atoms with Gasteiger partial charge in [-0.2, -0.15) is 0 Å². The van der Waals surface area contributed by atoms with Crippen molar-refractivity contribution < 1.29 is 9.53 Å². The van der Waals surface area contributed by atoms with Gasteiger partial charge in [0.05, 0.1) is 11.8 Å². The molecule has 0 spiro atoms. The van der Waals surface area contributed by atoms with Crippen LogP contribution in [0.4, 0.5) is 0 Å². The number of fused-ring (bicyclic) bond motifs is 2. The number of benzene rings is 1. The smallest absolute Gasteiger partial charge is 0.266 e. The molecule has 2 saturated heterocycles. The summed E-state index contributed by atoms with van der Waals surface area (Å²) in [5.41, 5.74) is 6.82. The van der Waals surface area contributed by atoms with Crippen molar-refractivity contribution >= 4 is 21.8 Å². The van der Waals surface area contributed by atoms with Crippen LogP contribution in [0.25, 0.3) is 0 Å². The first-order valence-electron chi connectivity index (χ1n) is 8.86. The lowest BCUT2D eigenvalue weighted by atomic mass is 9.66. The zero-order valence-electron chi connectivity index (χ0n) is 15.2. The molecule has 2 unspecified atom stereocenters. The lowest BCUT2D eigenvalue weighted by molar-refractivity contribution is -0.167. The topological polar surface area (TPSA) is 55.6 Å². The number of rotatable bonds is 5. The van der Waals surface area contributed by atoms with Gasteiger partial charge in [-0.3, -0.25) is 4.79 Å². The summed E-state index contributed by atoms with van der Waals surface area (Å²) in [5, 5.41) is 0. The number of hydrogen-bond donors (Lipinski definition) is 1. The molecule has 25 heavy (non-hydrogen) atoms. The molecule has 1 amide bonds. The normalized spacial score (nSPS) is 28.3. The van der Waals surface area contributed by atoms with E-state index in [1.165, 1.54) is 5.56 Å². The number of allylic oxidation sites excluding steroid dienone is 1. The van der Waals surface area contributed by atoms with Gasteiger partial charge in [-0.05, 0) is 63.6 Å². The maximum atomic E-state index is 13.3. The van der Waals surface area contributed by atoms with Crippen LogP contribution in [-0.2, 0) is 16.0 Å². The molecule has 0 aromatic heterocycles. The van der Waals surface area contributed by atoms with Crippen molar-refractivity contribution in [3.63, 3.8) is 0 Å². The second kappa shape index (κ2) is 6.76. The standard InChI is InChI=1S/C20H27BrN2O2/c1-12(2)25-20(3,4)19(24)23-16-10-14(11-16)18(22)17(23)9-13-6-5-7-15(21)8-13/h5-8,14,16-18H,1,9-11,22H2,2-4H3. The van der Waals surface area contributed by atoms with Gasteiger partial charge in [0.25, 0.3) is 5.91 Å². The van der Waals surface area contributed by atoms with Crippen LogP contribution < -0.4 is 5.73 Å². The van der Waals surface area contributed by atoms with Crippen LogP contribution in [0.5, 0.6) is 0 Å². The Morgan fingerprint density at radius 1 is 1.44 bits per heavy atom. The highest BCUT2D eigenvalue weighted by molar-refractivity contribution is 9.10. The van der Waals surface area contributed by atoms with Gasteiger partial charge in [0.1, 0.15) is 0 Å². The molecule has 0 radical (unpaired) electrons. The van der Waals surface area contributed by atoms with Crippen LogP contribution in [0.1, 0.15) is 39.2 Å². The first-order chi connectivity index (χ1) is 11.7. The highest BCUT2D eigenvalue weighted by atomic mass is 79.9. The molecule has 2 N–H and O–H groups in total. The maximum absolute atomic E-state index is 13.3. The van der Waals surface area contributed by atoms with Crippen LogP contribution in [0.3, 0.4) is 0 Å². The van der Waals surface area contributed by atoms with Gasteiger partial charge in [-0.1, -0.05) is 34.6 Å². The summed E-state index contributed by atoms with van der Waals surface area (Å²) in [6.45, 7) is 9.19. The van der Waals surface area contributed by atoms with Crippen molar-refractivity contribution in [3.8, 4) is 0 Å². The van der Waals surface area contributed by atoms with Gasteiger partial charge >= 0.3 is 0 Å². The zero-order valence-corrected chi connectivity index (χ0v) is 16.8. The predicted octanol–water partition coefficient (Wildman–Crippen LogP) is 3.64. The first kappa shape index (κ1) is 18.5. The monoisotopic (exact) mass is 406 g/mol. The van der Waals surface area contributed by atoms with E-state index in [-0.39, 0.29) is 24.0 Å². The van der Waals surface area contributed by atoms with Crippen molar-refractivity contribution in [2.75, 3.05) is 0 Å². The molecular formula is C20H27BrN2O2. The maximum Gasteiger partial charge on any atom is 0.266 e. The van der Waals surface area contributed by atoms with Crippen molar-refractivity contribution in [3.05, 3.63) is 46.6 Å². The molecule has 4 nitrogen and oxygen atoms in total. The Hall–Kier alpha value is -1.33. The minimum absolute atomic E-state index is 0.00676. The lowest BCUT2D eigenvalue weighted by Crippen LogP contribution is -2.71. The Balaban J connectivity index is 1.86. The number of nitrogens with zero attached hydrogens (tertiary/aromatic N) is 1. The molecule has 3 aliphatic rings. The second-order valence-corrected chi connectivity index (χ2v) is 8.81. The molecule has 1 aliphatic carbocycles. The number of halogens is 1. The fourth-order valence-corrected chi connectivity index (χ4v) is 4.63. The molecule has 2 heterocycles. The Morgan fingerprint density at radius 2 is 2.12 bits per heavy atom. The minimum atomic E-state index is -0.927. The third-order valence-electron chi connectivity index (χ3n) is 5.40. The van der Waals surface area contributed by atoms with E-state index < -0.39 is 5.60 Å². The van der Waals surface area contributed by atoms with E-state index >= 15 is 0 Å². The van der Waals surface area contributed by atoms with Gasteiger partial charge in [0.2, 0.25) is 0 Å². The Labute approximate surface area is 158 Å². The van der Waals surface area contributed by atoms with Gasteiger partial charge in [-0.15, -0.1) is 0 Å². The quantitative estimate of drug-likeness (QED) is 0.759. The summed E-state index contributed by atoms with van der Waals surface area (Å²) in [5.74, 6) is 1.08. The fraction of sp³-hybridized carbons (Fsp3) is 0.550. The number of carbonyl (C=O) groups is 1. The average molecular weight is 407 g/mol. The van der Waals surface area contributed by atoms with Crippen LogP contribution in [0.2, 0.25) is 0 Å². The van der Waals surface area contributed by atoms with Crippen LogP contribution in [0, 0.1) is 5.92 Å². The summed E-state index contributed by atoms with van der Waals surface area (Å²) >= 11 is 3.52. The number of amides is 1. The number of nitrogens with two attached hydrogens (primary N) is 1. The van der Waals surface area contributed by atoms with Gasteiger partial charge in [0.15, 0.2) is 5.60 Å².